The summed E-state index contributed by atoms with van der Waals surface area (Å²) in [5.74, 6) is -0.399. The van der Waals surface area contributed by atoms with Gasteiger partial charge in [-0.05, 0) is 0 Å². The SMILES string of the molecule is COC(=O)C1CN(CC(F)F)CCN1. The molecular weight excluding hydrogens is 194 g/mol. The van der Waals surface area contributed by atoms with Crippen LogP contribution in [-0.4, -0.2) is 56.6 Å². The maximum Gasteiger partial charge on any atom is 0.324 e. The van der Waals surface area contributed by atoms with Crippen LogP contribution in [0.15, 0.2) is 0 Å². The molecule has 1 aliphatic rings. The van der Waals surface area contributed by atoms with Crippen molar-refractivity contribution < 1.29 is 18.3 Å². The zero-order valence-corrected chi connectivity index (χ0v) is 8.00. The molecule has 1 aliphatic heterocycles. The van der Waals surface area contributed by atoms with E-state index < -0.39 is 18.4 Å². The van der Waals surface area contributed by atoms with E-state index in [4.69, 9.17) is 0 Å². The van der Waals surface area contributed by atoms with E-state index in [0.29, 0.717) is 13.1 Å². The summed E-state index contributed by atoms with van der Waals surface area (Å²) >= 11 is 0. The standard InChI is InChI=1S/C8H14F2N2O2/c1-14-8(13)6-4-12(3-2-11-6)5-7(9)10/h6-7,11H,2-5H2,1H3. The molecule has 1 atom stereocenters. The largest absolute Gasteiger partial charge is 0.468 e. The first-order valence-corrected chi connectivity index (χ1v) is 4.45. The average molecular weight is 208 g/mol. The number of ether oxygens (including phenoxy) is 1. The number of halogens is 2. The molecule has 1 fully saturated rings. The highest BCUT2D eigenvalue weighted by Gasteiger charge is 2.26. The van der Waals surface area contributed by atoms with Crippen molar-refractivity contribution in [2.45, 2.75) is 12.5 Å². The maximum atomic E-state index is 12.1. The van der Waals surface area contributed by atoms with Gasteiger partial charge < -0.3 is 10.1 Å². The van der Waals surface area contributed by atoms with E-state index in [2.05, 4.69) is 10.1 Å². The molecule has 1 unspecified atom stereocenters. The number of carbonyl (C=O) groups is 1. The van der Waals surface area contributed by atoms with Gasteiger partial charge in [0.25, 0.3) is 6.43 Å². The Morgan fingerprint density at radius 1 is 1.71 bits per heavy atom. The second-order valence-corrected chi connectivity index (χ2v) is 3.18. The molecule has 1 rings (SSSR count). The zero-order chi connectivity index (χ0) is 10.6. The molecular formula is C8H14F2N2O2. The summed E-state index contributed by atoms with van der Waals surface area (Å²) < 4.78 is 28.6. The summed E-state index contributed by atoms with van der Waals surface area (Å²) in [6.45, 7) is 1.08. The summed E-state index contributed by atoms with van der Waals surface area (Å²) in [5.41, 5.74) is 0. The molecule has 1 N–H and O–H groups in total. The van der Waals surface area contributed by atoms with Crippen LogP contribution in [0.5, 0.6) is 0 Å². The highest BCUT2D eigenvalue weighted by atomic mass is 19.3. The van der Waals surface area contributed by atoms with Gasteiger partial charge >= 0.3 is 5.97 Å². The van der Waals surface area contributed by atoms with Crippen molar-refractivity contribution in [3.8, 4) is 0 Å². The van der Waals surface area contributed by atoms with E-state index in [9.17, 15) is 13.6 Å². The normalized spacial score (nSPS) is 23.9. The minimum atomic E-state index is -2.36. The number of alkyl halides is 2. The number of carbonyl (C=O) groups excluding carboxylic acids is 1. The number of hydrogen-bond donors (Lipinski definition) is 1. The van der Waals surface area contributed by atoms with Crippen molar-refractivity contribution >= 4 is 5.97 Å². The van der Waals surface area contributed by atoms with Gasteiger partial charge in [0, 0.05) is 19.6 Å². The van der Waals surface area contributed by atoms with E-state index in [-0.39, 0.29) is 13.1 Å². The molecule has 4 nitrogen and oxygen atoms in total. The molecule has 1 saturated heterocycles. The lowest BCUT2D eigenvalue weighted by Gasteiger charge is -2.31. The highest BCUT2D eigenvalue weighted by Crippen LogP contribution is 2.04. The molecule has 0 spiro atoms. The Kier molecular flexibility index (Phi) is 4.21. The lowest BCUT2D eigenvalue weighted by molar-refractivity contribution is -0.144. The van der Waals surface area contributed by atoms with Crippen molar-refractivity contribution in [3.05, 3.63) is 0 Å². The third kappa shape index (κ3) is 3.19. The van der Waals surface area contributed by atoms with Crippen molar-refractivity contribution in [2.24, 2.45) is 0 Å². The Morgan fingerprint density at radius 3 is 3.00 bits per heavy atom. The monoisotopic (exact) mass is 208 g/mol. The molecule has 0 saturated carbocycles. The topological polar surface area (TPSA) is 41.6 Å². The first kappa shape index (κ1) is 11.3. The molecule has 1 heterocycles. The fraction of sp³-hybridized carbons (Fsp3) is 0.875. The molecule has 6 heteroatoms. The molecule has 0 aromatic rings. The zero-order valence-electron chi connectivity index (χ0n) is 8.00. The average Bonchev–Trinajstić information content (AvgIpc) is 2.16. The minimum absolute atomic E-state index is 0.283. The van der Waals surface area contributed by atoms with Crippen LogP contribution in [0.1, 0.15) is 0 Å². The van der Waals surface area contributed by atoms with Crippen LogP contribution in [0.4, 0.5) is 8.78 Å². The quantitative estimate of drug-likeness (QED) is 0.646. The lowest BCUT2D eigenvalue weighted by atomic mass is 10.2. The van der Waals surface area contributed by atoms with Crippen LogP contribution in [0.3, 0.4) is 0 Å². The second kappa shape index (κ2) is 5.21. The Hall–Kier alpha value is -0.750. The summed E-state index contributed by atoms with van der Waals surface area (Å²) in [6, 6.07) is -0.479. The van der Waals surface area contributed by atoms with Crippen molar-refractivity contribution in [3.63, 3.8) is 0 Å². The number of methoxy groups -OCH3 is 1. The van der Waals surface area contributed by atoms with Crippen molar-refractivity contribution in [1.29, 1.82) is 0 Å². The summed E-state index contributed by atoms with van der Waals surface area (Å²) in [5, 5.41) is 2.91. The fourth-order valence-corrected chi connectivity index (χ4v) is 1.47. The van der Waals surface area contributed by atoms with Crippen LogP contribution >= 0.6 is 0 Å². The Morgan fingerprint density at radius 2 is 2.43 bits per heavy atom. The molecule has 0 aliphatic carbocycles. The summed E-state index contributed by atoms with van der Waals surface area (Å²) in [7, 11) is 1.29. The molecule has 0 aromatic carbocycles. The molecule has 14 heavy (non-hydrogen) atoms. The lowest BCUT2D eigenvalue weighted by Crippen LogP contribution is -2.55. The Bertz CT molecular complexity index is 202. The van der Waals surface area contributed by atoms with E-state index in [0.717, 1.165) is 0 Å². The van der Waals surface area contributed by atoms with Gasteiger partial charge in [-0.3, -0.25) is 9.69 Å². The Labute approximate surface area is 81.2 Å². The summed E-state index contributed by atoms with van der Waals surface area (Å²) in [4.78, 5) is 12.7. The highest BCUT2D eigenvalue weighted by molar-refractivity contribution is 5.76. The van der Waals surface area contributed by atoms with Crippen LogP contribution < -0.4 is 5.32 Å². The van der Waals surface area contributed by atoms with Gasteiger partial charge in [-0.25, -0.2) is 8.78 Å². The van der Waals surface area contributed by atoms with Gasteiger partial charge in [-0.2, -0.15) is 0 Å². The molecule has 0 bridgehead atoms. The van der Waals surface area contributed by atoms with E-state index >= 15 is 0 Å². The first-order chi connectivity index (χ1) is 6.63. The smallest absolute Gasteiger partial charge is 0.324 e. The Balaban J connectivity index is 2.39. The van der Waals surface area contributed by atoms with Gasteiger partial charge in [-0.1, -0.05) is 0 Å². The predicted octanol–water partition coefficient (Wildman–Crippen LogP) is -0.302. The van der Waals surface area contributed by atoms with E-state index in [1.807, 2.05) is 0 Å². The van der Waals surface area contributed by atoms with Gasteiger partial charge in [0.2, 0.25) is 0 Å². The predicted molar refractivity (Wildman–Crippen MR) is 46.3 cm³/mol. The number of hydrogen-bond acceptors (Lipinski definition) is 4. The van der Waals surface area contributed by atoms with Crippen molar-refractivity contribution in [1.82, 2.24) is 10.2 Å². The van der Waals surface area contributed by atoms with Crippen LogP contribution in [0.2, 0.25) is 0 Å². The van der Waals surface area contributed by atoms with Gasteiger partial charge in [0.15, 0.2) is 0 Å². The van der Waals surface area contributed by atoms with Crippen LogP contribution in [0, 0.1) is 0 Å². The molecule has 82 valence electrons. The van der Waals surface area contributed by atoms with E-state index in [1.165, 1.54) is 7.11 Å². The summed E-state index contributed by atoms with van der Waals surface area (Å²) in [6.07, 6.45) is -2.36. The van der Waals surface area contributed by atoms with Crippen LogP contribution in [0.25, 0.3) is 0 Å². The van der Waals surface area contributed by atoms with Gasteiger partial charge in [-0.15, -0.1) is 0 Å². The van der Waals surface area contributed by atoms with Crippen LogP contribution in [-0.2, 0) is 9.53 Å². The van der Waals surface area contributed by atoms with Crippen molar-refractivity contribution in [2.75, 3.05) is 33.3 Å². The first-order valence-electron chi connectivity index (χ1n) is 4.45. The van der Waals surface area contributed by atoms with E-state index in [1.54, 1.807) is 4.90 Å². The minimum Gasteiger partial charge on any atom is -0.468 e. The second-order valence-electron chi connectivity index (χ2n) is 3.18. The third-order valence-electron chi connectivity index (χ3n) is 2.14. The fourth-order valence-electron chi connectivity index (χ4n) is 1.47. The molecule has 0 amide bonds. The molecule has 0 radical (unpaired) electrons. The number of rotatable bonds is 3. The number of piperazine rings is 1. The number of nitrogens with one attached hydrogen (secondary N) is 1. The number of esters is 1. The number of nitrogens with zero attached hydrogens (tertiary/aromatic N) is 1. The van der Waals surface area contributed by atoms with Gasteiger partial charge in [0.05, 0.1) is 13.7 Å². The van der Waals surface area contributed by atoms with Gasteiger partial charge in [0.1, 0.15) is 6.04 Å². The third-order valence-corrected chi connectivity index (χ3v) is 2.14. The maximum absolute atomic E-state index is 12.1. The molecule has 0 aromatic heterocycles.